The molecular formula is C38H40O21. The summed E-state index contributed by atoms with van der Waals surface area (Å²) in [5.41, 5.74) is -0.884. The maximum absolute atomic E-state index is 14.0. The minimum Gasteiger partial charge on any atom is -0.508 e. The molecule has 2 aliphatic heterocycles. The van der Waals surface area contributed by atoms with Crippen LogP contribution in [0.15, 0.2) is 63.8 Å². The van der Waals surface area contributed by atoms with E-state index in [0.717, 1.165) is 18.2 Å². The Kier molecular flexibility index (Phi) is 13.1. The molecule has 318 valence electrons. The van der Waals surface area contributed by atoms with E-state index in [1.54, 1.807) is 0 Å². The van der Waals surface area contributed by atoms with Crippen molar-refractivity contribution in [2.24, 2.45) is 0 Å². The number of hydrogen-bond donors (Lipinski definition) is 10. The van der Waals surface area contributed by atoms with Crippen molar-refractivity contribution in [1.82, 2.24) is 0 Å². The van der Waals surface area contributed by atoms with E-state index >= 15 is 0 Å². The predicted octanol–water partition coefficient (Wildman–Crippen LogP) is -0.502. The zero-order chi connectivity index (χ0) is 42.7. The highest BCUT2D eigenvalue weighted by Gasteiger charge is 2.50. The molecule has 0 bridgehead atoms. The van der Waals surface area contributed by atoms with Crippen LogP contribution in [0.1, 0.15) is 5.56 Å². The van der Waals surface area contributed by atoms with Gasteiger partial charge in [-0.3, -0.25) is 4.79 Å². The van der Waals surface area contributed by atoms with Crippen molar-refractivity contribution in [3.8, 4) is 51.6 Å². The second-order valence-electron chi connectivity index (χ2n) is 13.2. The van der Waals surface area contributed by atoms with Crippen LogP contribution in [0, 0.1) is 0 Å². The first-order chi connectivity index (χ1) is 28.1. The van der Waals surface area contributed by atoms with E-state index in [1.165, 1.54) is 56.7 Å². The van der Waals surface area contributed by atoms with E-state index in [-0.39, 0.29) is 34.1 Å². The maximum atomic E-state index is 14.0. The van der Waals surface area contributed by atoms with Gasteiger partial charge in [0.15, 0.2) is 34.9 Å². The second-order valence-corrected chi connectivity index (χ2v) is 13.2. The molecule has 0 aliphatic carbocycles. The summed E-state index contributed by atoms with van der Waals surface area (Å²) >= 11 is 0. The van der Waals surface area contributed by atoms with Gasteiger partial charge in [-0.25, -0.2) is 14.6 Å². The van der Waals surface area contributed by atoms with Crippen LogP contribution in [0.25, 0.3) is 28.4 Å². The highest BCUT2D eigenvalue weighted by molar-refractivity contribution is 5.88. The highest BCUT2D eigenvalue weighted by Crippen LogP contribution is 2.40. The number of benzene rings is 3. The SMILES string of the molecule is COc1cc(/C=C/C(=O)OC[C@H]2O[C@@H](OO[C@H]3[C@H](Oc4c(-c5ccc(O)c(OC)c5)oc5cc(O)cc(O)c5c4=O)O[C@H](CO)[C@H](O)[C@@H]3O)[C@H](O)[C@@H](O)[C@@H]2O)ccc1O. The number of phenolic OH excluding ortho intramolecular Hbond substituents is 4. The Morgan fingerprint density at radius 3 is 2.10 bits per heavy atom. The first-order valence-electron chi connectivity index (χ1n) is 17.6. The third-order valence-electron chi connectivity index (χ3n) is 9.35. The molecule has 3 heterocycles. The van der Waals surface area contributed by atoms with Gasteiger partial charge >= 0.3 is 5.97 Å². The van der Waals surface area contributed by atoms with Crippen LogP contribution in [0.4, 0.5) is 0 Å². The number of esters is 1. The maximum Gasteiger partial charge on any atom is 0.330 e. The zero-order valence-electron chi connectivity index (χ0n) is 30.9. The van der Waals surface area contributed by atoms with Crippen molar-refractivity contribution in [1.29, 1.82) is 0 Å². The van der Waals surface area contributed by atoms with E-state index in [4.69, 9.17) is 42.6 Å². The molecule has 10 atom stereocenters. The molecule has 0 unspecified atom stereocenters. The van der Waals surface area contributed by atoms with E-state index in [1.807, 2.05) is 0 Å². The zero-order valence-corrected chi connectivity index (χ0v) is 30.9. The number of aliphatic hydroxyl groups is 6. The molecule has 4 aromatic rings. The number of ether oxygens (including phenoxy) is 6. The molecule has 2 fully saturated rings. The summed E-state index contributed by atoms with van der Waals surface area (Å²) in [6.07, 6.45) is -16.5. The quantitative estimate of drug-likeness (QED) is 0.0351. The van der Waals surface area contributed by atoms with E-state index in [9.17, 15) is 60.7 Å². The minimum absolute atomic E-state index is 0.0365. The monoisotopic (exact) mass is 832 g/mol. The van der Waals surface area contributed by atoms with Crippen molar-refractivity contribution in [3.63, 3.8) is 0 Å². The molecule has 6 rings (SSSR count). The minimum atomic E-state index is -2.05. The number of hydrogen-bond acceptors (Lipinski definition) is 21. The Morgan fingerprint density at radius 2 is 1.41 bits per heavy atom. The van der Waals surface area contributed by atoms with Gasteiger partial charge < -0.3 is 83.9 Å². The lowest BCUT2D eigenvalue weighted by molar-refractivity contribution is -0.467. The van der Waals surface area contributed by atoms with Crippen LogP contribution >= 0.6 is 0 Å². The van der Waals surface area contributed by atoms with Gasteiger partial charge in [-0.15, -0.1) is 0 Å². The first-order valence-corrected chi connectivity index (χ1v) is 17.6. The van der Waals surface area contributed by atoms with Gasteiger partial charge in [-0.2, -0.15) is 0 Å². The molecule has 21 nitrogen and oxygen atoms in total. The molecule has 59 heavy (non-hydrogen) atoms. The normalized spacial score (nSPS) is 27.1. The summed E-state index contributed by atoms with van der Waals surface area (Å²) in [4.78, 5) is 37.1. The number of phenols is 4. The number of methoxy groups -OCH3 is 2. The Morgan fingerprint density at radius 1 is 0.746 bits per heavy atom. The van der Waals surface area contributed by atoms with E-state index < -0.39 is 114 Å². The predicted molar refractivity (Wildman–Crippen MR) is 195 cm³/mol. The van der Waals surface area contributed by atoms with Crippen LogP contribution in [0.3, 0.4) is 0 Å². The average Bonchev–Trinajstić information content (AvgIpc) is 3.21. The Labute approximate surface area is 332 Å². The van der Waals surface area contributed by atoms with Gasteiger partial charge in [0.25, 0.3) is 0 Å². The fourth-order valence-electron chi connectivity index (χ4n) is 6.18. The lowest BCUT2D eigenvalue weighted by Crippen LogP contribution is -2.62. The highest BCUT2D eigenvalue weighted by atomic mass is 17.2. The summed E-state index contributed by atoms with van der Waals surface area (Å²) in [6.45, 7) is -1.59. The van der Waals surface area contributed by atoms with Gasteiger partial charge in [0.2, 0.25) is 23.8 Å². The molecule has 0 radical (unpaired) electrons. The van der Waals surface area contributed by atoms with E-state index in [0.29, 0.717) is 5.56 Å². The number of carbonyl (C=O) groups excluding carboxylic acids is 1. The van der Waals surface area contributed by atoms with Gasteiger partial charge in [0.1, 0.15) is 71.8 Å². The fourth-order valence-corrected chi connectivity index (χ4v) is 6.18. The van der Waals surface area contributed by atoms with Crippen molar-refractivity contribution in [2.75, 3.05) is 27.4 Å². The summed E-state index contributed by atoms with van der Waals surface area (Å²) < 4.78 is 38.3. The van der Waals surface area contributed by atoms with Gasteiger partial charge in [0.05, 0.1) is 20.8 Å². The standard InChI is InChI=1S/C38H40O21/c1-51-21-9-15(3-6-18(21)41)4-8-26(44)53-14-25-29(46)31(48)33(50)37(56-25)59-58-36-32(49)28(45)24(13-39)55-38(36)57-35-30(47)27-20(43)11-17(40)12-23(27)54-34(35)16-5-7-19(42)22(10-16)52-2/h3-12,24-25,28-29,31-33,36-43,45-46,48-50H,13-14H2,1-2H3/b8-4+/t24-,25-,28+,29-,31+,32+,33-,36-,37+,38+/m1/s1. The molecule has 21 heteroatoms. The lowest BCUT2D eigenvalue weighted by atomic mass is 9.99. The molecule has 0 saturated carbocycles. The smallest absolute Gasteiger partial charge is 0.330 e. The van der Waals surface area contributed by atoms with Crippen LogP contribution in [-0.2, 0) is 28.8 Å². The Balaban J connectivity index is 1.24. The first kappa shape index (κ1) is 42.9. The van der Waals surface area contributed by atoms with Crippen molar-refractivity contribution >= 4 is 23.0 Å². The van der Waals surface area contributed by atoms with Gasteiger partial charge in [0, 0.05) is 23.8 Å². The lowest BCUT2D eigenvalue weighted by Gasteiger charge is -2.42. The molecule has 10 N–H and O–H groups in total. The van der Waals surface area contributed by atoms with Gasteiger partial charge in [-0.05, 0) is 42.0 Å². The Hall–Kier alpha value is -5.72. The molecule has 3 aromatic carbocycles. The van der Waals surface area contributed by atoms with Crippen molar-refractivity contribution < 1.29 is 98.5 Å². The third-order valence-corrected chi connectivity index (χ3v) is 9.35. The van der Waals surface area contributed by atoms with Crippen LogP contribution in [0.5, 0.6) is 40.2 Å². The largest absolute Gasteiger partial charge is 0.508 e. The summed E-state index contributed by atoms with van der Waals surface area (Å²) in [7, 11) is 2.59. The molecule has 2 aliphatic rings. The number of aliphatic hydroxyl groups excluding tert-OH is 6. The average molecular weight is 833 g/mol. The number of carbonyl (C=O) groups is 1. The molecule has 0 spiro atoms. The topological polar surface area (TPSA) is 323 Å². The Bertz CT molecular complexity index is 2220. The summed E-state index contributed by atoms with van der Waals surface area (Å²) in [5, 5.41) is 104. The van der Waals surface area contributed by atoms with Crippen LogP contribution < -0.4 is 19.6 Å². The molecule has 2 saturated heterocycles. The number of aromatic hydroxyl groups is 4. The van der Waals surface area contributed by atoms with Crippen LogP contribution in [0.2, 0.25) is 0 Å². The van der Waals surface area contributed by atoms with Crippen LogP contribution in [-0.4, -0.2) is 146 Å². The van der Waals surface area contributed by atoms with Gasteiger partial charge in [-0.1, -0.05) is 6.07 Å². The summed E-state index contributed by atoms with van der Waals surface area (Å²) in [5.74, 6) is -3.59. The number of rotatable bonds is 13. The second kappa shape index (κ2) is 18.0. The fraction of sp³-hybridized carbons (Fsp3) is 0.368. The van der Waals surface area contributed by atoms with E-state index in [2.05, 4.69) is 0 Å². The molecule has 0 amide bonds. The third kappa shape index (κ3) is 8.99. The molecule has 1 aromatic heterocycles. The van der Waals surface area contributed by atoms with Crippen molar-refractivity contribution in [2.45, 2.75) is 61.4 Å². The number of fused-ring (bicyclic) bond motifs is 1. The van der Waals surface area contributed by atoms with Crippen molar-refractivity contribution in [3.05, 3.63) is 70.4 Å². The summed E-state index contributed by atoms with van der Waals surface area (Å²) in [6, 6.07) is 9.90. The molecular weight excluding hydrogens is 792 g/mol.